The summed E-state index contributed by atoms with van der Waals surface area (Å²) >= 11 is 0. The van der Waals surface area contributed by atoms with E-state index in [9.17, 15) is 14.4 Å². The van der Waals surface area contributed by atoms with E-state index in [1.165, 1.54) is 11.1 Å². The Hall–Kier alpha value is -4.87. The van der Waals surface area contributed by atoms with Crippen LogP contribution in [-0.4, -0.2) is 79.5 Å². The molecule has 1 aliphatic rings. The Morgan fingerprint density at radius 1 is 1.07 bits per heavy atom. The molecular formula is C28H33N7O5. The van der Waals surface area contributed by atoms with Gasteiger partial charge in [-0.15, -0.1) is 0 Å². The maximum absolute atomic E-state index is 12.8. The fraction of sp³-hybridized carbons (Fsp3) is 0.321. The minimum Gasteiger partial charge on any atom is -0.497 e. The second-order valence-corrected chi connectivity index (χ2v) is 9.50. The SMILES string of the molecule is COc1ccc(C(=O)NC2CCCN(c3cnc(C(N)=O)c(Nc4ccc(OCC(=O)N(C)C)cc4)n3)C2)cc1. The number of nitrogens with two attached hydrogens (primary N) is 1. The van der Waals surface area contributed by atoms with Gasteiger partial charge in [-0.05, 0) is 61.4 Å². The molecule has 210 valence electrons. The number of amides is 3. The largest absolute Gasteiger partial charge is 0.497 e. The predicted octanol–water partition coefficient (Wildman–Crippen LogP) is 2.19. The van der Waals surface area contributed by atoms with Crippen molar-refractivity contribution < 1.29 is 23.9 Å². The van der Waals surface area contributed by atoms with Crippen LogP contribution in [0.4, 0.5) is 17.3 Å². The molecule has 1 fully saturated rings. The van der Waals surface area contributed by atoms with Crippen molar-refractivity contribution >= 4 is 35.0 Å². The van der Waals surface area contributed by atoms with Gasteiger partial charge < -0.3 is 35.6 Å². The van der Waals surface area contributed by atoms with Crippen molar-refractivity contribution in [3.63, 3.8) is 0 Å². The number of primary amides is 1. The number of benzene rings is 2. The van der Waals surface area contributed by atoms with Crippen LogP contribution < -0.4 is 30.7 Å². The predicted molar refractivity (Wildman–Crippen MR) is 150 cm³/mol. The lowest BCUT2D eigenvalue weighted by atomic mass is 10.0. The minimum absolute atomic E-state index is 0.00187. The topological polar surface area (TPSA) is 152 Å². The monoisotopic (exact) mass is 547 g/mol. The first-order valence-corrected chi connectivity index (χ1v) is 12.8. The summed E-state index contributed by atoms with van der Waals surface area (Å²) in [4.78, 5) is 49.0. The Morgan fingerprint density at radius 3 is 2.42 bits per heavy atom. The number of carbonyl (C=O) groups excluding carboxylic acids is 3. The quantitative estimate of drug-likeness (QED) is 0.347. The zero-order valence-electron chi connectivity index (χ0n) is 22.7. The first-order chi connectivity index (χ1) is 19.2. The number of aromatic nitrogens is 2. The van der Waals surface area contributed by atoms with Crippen LogP contribution in [-0.2, 0) is 4.79 Å². The normalized spacial score (nSPS) is 14.7. The minimum atomic E-state index is -0.716. The molecule has 2 heterocycles. The molecule has 0 spiro atoms. The van der Waals surface area contributed by atoms with E-state index in [-0.39, 0.29) is 36.0 Å². The second kappa shape index (κ2) is 12.8. The van der Waals surface area contributed by atoms with Crippen LogP contribution in [0.3, 0.4) is 0 Å². The molecule has 0 saturated carbocycles. The van der Waals surface area contributed by atoms with Crippen molar-refractivity contribution in [2.24, 2.45) is 5.73 Å². The summed E-state index contributed by atoms with van der Waals surface area (Å²) in [5.74, 6) is 0.942. The van der Waals surface area contributed by atoms with E-state index < -0.39 is 5.91 Å². The number of likely N-dealkylation sites (N-methyl/N-ethyl adjacent to an activating group) is 1. The number of piperidine rings is 1. The van der Waals surface area contributed by atoms with Crippen LogP contribution in [0.1, 0.15) is 33.7 Å². The molecule has 12 heteroatoms. The third-order valence-corrected chi connectivity index (χ3v) is 6.40. The van der Waals surface area contributed by atoms with Crippen molar-refractivity contribution in [3.8, 4) is 11.5 Å². The number of ether oxygens (including phenoxy) is 2. The molecule has 1 aliphatic heterocycles. The van der Waals surface area contributed by atoms with Crippen molar-refractivity contribution in [1.82, 2.24) is 20.2 Å². The molecule has 0 radical (unpaired) electrons. The van der Waals surface area contributed by atoms with Gasteiger partial charge in [0.2, 0.25) is 0 Å². The van der Waals surface area contributed by atoms with E-state index >= 15 is 0 Å². The summed E-state index contributed by atoms with van der Waals surface area (Å²) in [7, 11) is 4.90. The molecule has 3 aromatic rings. The van der Waals surface area contributed by atoms with E-state index in [4.69, 9.17) is 15.2 Å². The van der Waals surface area contributed by atoms with E-state index in [2.05, 4.69) is 20.6 Å². The Morgan fingerprint density at radius 2 is 1.77 bits per heavy atom. The Labute approximate surface area is 232 Å². The van der Waals surface area contributed by atoms with Gasteiger partial charge in [-0.1, -0.05) is 0 Å². The molecule has 0 aliphatic carbocycles. The maximum Gasteiger partial charge on any atom is 0.271 e. The van der Waals surface area contributed by atoms with Crippen LogP contribution in [0.15, 0.2) is 54.7 Å². The number of rotatable bonds is 10. The molecule has 40 heavy (non-hydrogen) atoms. The third kappa shape index (κ3) is 7.16. The molecular weight excluding hydrogens is 514 g/mol. The highest BCUT2D eigenvalue weighted by Gasteiger charge is 2.24. The van der Waals surface area contributed by atoms with Gasteiger partial charge in [0.25, 0.3) is 17.7 Å². The van der Waals surface area contributed by atoms with Crippen molar-refractivity contribution in [2.75, 3.05) is 51.1 Å². The molecule has 4 N–H and O–H groups in total. The highest BCUT2D eigenvalue weighted by molar-refractivity contribution is 5.96. The lowest BCUT2D eigenvalue weighted by Crippen LogP contribution is -2.48. The average molecular weight is 548 g/mol. The number of carbonyl (C=O) groups is 3. The van der Waals surface area contributed by atoms with Gasteiger partial charge in [0.15, 0.2) is 18.1 Å². The first kappa shape index (κ1) is 28.1. The van der Waals surface area contributed by atoms with Gasteiger partial charge in [-0.25, -0.2) is 9.97 Å². The highest BCUT2D eigenvalue weighted by Crippen LogP contribution is 2.25. The molecule has 3 amide bonds. The van der Waals surface area contributed by atoms with E-state index in [0.29, 0.717) is 35.1 Å². The third-order valence-electron chi connectivity index (χ3n) is 6.40. The molecule has 1 saturated heterocycles. The van der Waals surface area contributed by atoms with Gasteiger partial charge in [0.05, 0.1) is 13.3 Å². The van der Waals surface area contributed by atoms with Crippen LogP contribution in [0.25, 0.3) is 0 Å². The summed E-state index contributed by atoms with van der Waals surface area (Å²) in [6, 6.07) is 13.7. The number of methoxy groups -OCH3 is 1. The summed E-state index contributed by atoms with van der Waals surface area (Å²) in [6.07, 6.45) is 3.18. The van der Waals surface area contributed by atoms with Crippen molar-refractivity contribution in [3.05, 3.63) is 66.0 Å². The van der Waals surface area contributed by atoms with Gasteiger partial charge in [-0.3, -0.25) is 14.4 Å². The number of hydrogen-bond donors (Lipinski definition) is 3. The molecule has 0 bridgehead atoms. The Kier molecular flexibility index (Phi) is 9.00. The maximum atomic E-state index is 12.8. The van der Waals surface area contributed by atoms with E-state index in [0.717, 1.165) is 19.4 Å². The lowest BCUT2D eigenvalue weighted by molar-refractivity contribution is -0.130. The average Bonchev–Trinajstić information content (AvgIpc) is 2.96. The van der Waals surface area contributed by atoms with E-state index in [1.54, 1.807) is 69.7 Å². The first-order valence-electron chi connectivity index (χ1n) is 12.8. The second-order valence-electron chi connectivity index (χ2n) is 9.50. The number of nitrogens with one attached hydrogen (secondary N) is 2. The van der Waals surface area contributed by atoms with Crippen LogP contribution in [0.5, 0.6) is 11.5 Å². The standard InChI is InChI=1S/C28H33N7O5/c1-34(2)24(36)17-40-22-12-8-19(9-13-22)31-27-25(26(29)37)30-15-23(33-27)35-14-4-5-20(16-35)32-28(38)18-6-10-21(39-3)11-7-18/h6-13,15,20H,4-5,14,16-17H2,1-3H3,(H2,29,37)(H,31,33)(H,32,38). The highest BCUT2D eigenvalue weighted by atomic mass is 16.5. The lowest BCUT2D eigenvalue weighted by Gasteiger charge is -2.34. The van der Waals surface area contributed by atoms with Gasteiger partial charge >= 0.3 is 0 Å². The molecule has 1 unspecified atom stereocenters. The Bertz CT molecular complexity index is 1350. The van der Waals surface area contributed by atoms with E-state index in [1.807, 2.05) is 4.90 Å². The molecule has 1 atom stereocenters. The van der Waals surface area contributed by atoms with Crippen molar-refractivity contribution in [1.29, 1.82) is 0 Å². The van der Waals surface area contributed by atoms with Gasteiger partial charge in [0.1, 0.15) is 17.3 Å². The summed E-state index contributed by atoms with van der Waals surface area (Å²) in [6.45, 7) is 1.18. The summed E-state index contributed by atoms with van der Waals surface area (Å²) in [5.41, 5.74) is 6.74. The Balaban J connectivity index is 1.44. The molecule has 1 aromatic heterocycles. The van der Waals surface area contributed by atoms with Crippen LogP contribution in [0.2, 0.25) is 0 Å². The number of hydrogen-bond acceptors (Lipinski definition) is 9. The van der Waals surface area contributed by atoms with Crippen LogP contribution >= 0.6 is 0 Å². The molecule has 4 rings (SSSR count). The fourth-order valence-electron chi connectivity index (χ4n) is 4.16. The van der Waals surface area contributed by atoms with Crippen molar-refractivity contribution in [2.45, 2.75) is 18.9 Å². The van der Waals surface area contributed by atoms with Crippen LogP contribution in [0, 0.1) is 0 Å². The molecule has 2 aromatic carbocycles. The fourth-order valence-corrected chi connectivity index (χ4v) is 4.16. The number of anilines is 3. The van der Waals surface area contributed by atoms with Gasteiger partial charge in [-0.2, -0.15) is 0 Å². The molecule has 12 nitrogen and oxygen atoms in total. The smallest absolute Gasteiger partial charge is 0.271 e. The zero-order chi connectivity index (χ0) is 28.6. The van der Waals surface area contributed by atoms with Gasteiger partial charge in [0, 0.05) is 44.5 Å². The summed E-state index contributed by atoms with van der Waals surface area (Å²) < 4.78 is 10.7. The zero-order valence-corrected chi connectivity index (χ0v) is 22.7. The number of nitrogens with zero attached hydrogens (tertiary/aromatic N) is 4. The summed E-state index contributed by atoms with van der Waals surface area (Å²) in [5, 5.41) is 6.20.